The molecular formula is C25H23N3O3S. The summed E-state index contributed by atoms with van der Waals surface area (Å²) in [7, 11) is 0. The molecule has 0 saturated heterocycles. The van der Waals surface area contributed by atoms with E-state index in [1.165, 1.54) is 16.2 Å². The minimum atomic E-state index is -0.335. The molecule has 0 bridgehead atoms. The van der Waals surface area contributed by atoms with E-state index in [1.807, 2.05) is 43.3 Å². The summed E-state index contributed by atoms with van der Waals surface area (Å²) in [5.41, 5.74) is 4.03. The van der Waals surface area contributed by atoms with Gasteiger partial charge in [0.25, 0.3) is 11.8 Å². The molecule has 1 aliphatic rings. The van der Waals surface area contributed by atoms with Gasteiger partial charge in [-0.1, -0.05) is 24.3 Å². The van der Waals surface area contributed by atoms with Crippen LogP contribution in [0.4, 0.5) is 5.00 Å². The van der Waals surface area contributed by atoms with E-state index in [0.29, 0.717) is 22.7 Å². The molecule has 3 aromatic heterocycles. The molecule has 6 nitrogen and oxygen atoms in total. The molecule has 0 fully saturated rings. The molecule has 2 N–H and O–H groups in total. The number of aryl methyl sites for hydroxylation is 2. The van der Waals surface area contributed by atoms with Crippen molar-refractivity contribution in [3.05, 3.63) is 81.7 Å². The maximum Gasteiger partial charge on any atom is 0.292 e. The number of rotatable bonds is 5. The van der Waals surface area contributed by atoms with Crippen LogP contribution in [0.3, 0.4) is 0 Å². The standard InChI is InChI=1S/C25H23N3O3S/c1-15-17-8-2-4-10-19(17)31-22(15)24(30)28-25-21(18-9-3-5-11-20(18)32-25)23(29)27-14-16-7-6-12-26-13-16/h2,4,6-8,10,12-13H,3,5,9,11,14H2,1H3,(H,27,29)(H,28,30). The number of nitrogens with one attached hydrogen (secondary N) is 2. The highest BCUT2D eigenvalue weighted by Gasteiger charge is 2.27. The Kier molecular flexibility index (Phi) is 5.49. The molecule has 1 aromatic carbocycles. The third kappa shape index (κ3) is 3.80. The SMILES string of the molecule is Cc1c(C(=O)Nc2sc3c(c2C(=O)NCc2cccnc2)CCCC3)oc2ccccc12. The van der Waals surface area contributed by atoms with Crippen LogP contribution < -0.4 is 10.6 Å². The van der Waals surface area contributed by atoms with Crippen molar-refractivity contribution in [3.63, 3.8) is 0 Å². The third-order valence-corrected chi connectivity index (χ3v) is 7.06. The molecule has 0 saturated carbocycles. The van der Waals surface area contributed by atoms with E-state index >= 15 is 0 Å². The first-order valence-corrected chi connectivity index (χ1v) is 11.5. The first-order valence-electron chi connectivity index (χ1n) is 10.7. The Balaban J connectivity index is 1.44. The van der Waals surface area contributed by atoms with Crippen LogP contribution in [0.25, 0.3) is 11.0 Å². The van der Waals surface area contributed by atoms with Gasteiger partial charge in [-0.05, 0) is 55.9 Å². The molecule has 32 heavy (non-hydrogen) atoms. The summed E-state index contributed by atoms with van der Waals surface area (Å²) in [6, 6.07) is 11.3. The number of fused-ring (bicyclic) bond motifs is 2. The van der Waals surface area contributed by atoms with Gasteiger partial charge in [0.1, 0.15) is 10.6 Å². The molecule has 2 amide bonds. The van der Waals surface area contributed by atoms with Crippen molar-refractivity contribution >= 4 is 39.1 Å². The molecule has 4 aromatic rings. The molecule has 1 aliphatic carbocycles. The topological polar surface area (TPSA) is 84.2 Å². The summed E-state index contributed by atoms with van der Waals surface area (Å²) in [6.45, 7) is 2.26. The molecule has 5 rings (SSSR count). The number of carbonyl (C=O) groups is 2. The van der Waals surface area contributed by atoms with Crippen molar-refractivity contribution in [1.82, 2.24) is 10.3 Å². The molecule has 0 radical (unpaired) electrons. The zero-order valence-corrected chi connectivity index (χ0v) is 18.6. The maximum atomic E-state index is 13.2. The van der Waals surface area contributed by atoms with Gasteiger partial charge in [0.2, 0.25) is 0 Å². The first-order chi connectivity index (χ1) is 15.6. The van der Waals surface area contributed by atoms with Crippen LogP contribution in [-0.2, 0) is 19.4 Å². The van der Waals surface area contributed by atoms with E-state index in [4.69, 9.17) is 4.42 Å². The van der Waals surface area contributed by atoms with Gasteiger partial charge in [0.15, 0.2) is 5.76 Å². The first kappa shape index (κ1) is 20.5. The number of thiophene rings is 1. The van der Waals surface area contributed by atoms with Gasteiger partial charge in [0.05, 0.1) is 5.56 Å². The highest BCUT2D eigenvalue weighted by Crippen LogP contribution is 2.38. The Morgan fingerprint density at radius 3 is 2.75 bits per heavy atom. The Bertz CT molecular complexity index is 1310. The summed E-state index contributed by atoms with van der Waals surface area (Å²) in [4.78, 5) is 31.6. The van der Waals surface area contributed by atoms with Gasteiger partial charge >= 0.3 is 0 Å². The van der Waals surface area contributed by atoms with Crippen molar-refractivity contribution in [1.29, 1.82) is 0 Å². The van der Waals surface area contributed by atoms with Gasteiger partial charge in [-0.15, -0.1) is 11.3 Å². The summed E-state index contributed by atoms with van der Waals surface area (Å²) < 4.78 is 5.83. The number of hydrogen-bond acceptors (Lipinski definition) is 5. The number of anilines is 1. The fourth-order valence-electron chi connectivity index (χ4n) is 4.22. The molecule has 0 aliphatic heterocycles. The van der Waals surface area contributed by atoms with Crippen molar-refractivity contribution in [2.45, 2.75) is 39.2 Å². The van der Waals surface area contributed by atoms with E-state index in [2.05, 4.69) is 15.6 Å². The van der Waals surface area contributed by atoms with Crippen LogP contribution in [-0.4, -0.2) is 16.8 Å². The Morgan fingerprint density at radius 1 is 1.09 bits per heavy atom. The number of benzene rings is 1. The van der Waals surface area contributed by atoms with E-state index in [1.54, 1.807) is 12.4 Å². The van der Waals surface area contributed by atoms with Gasteiger partial charge < -0.3 is 15.1 Å². The average Bonchev–Trinajstić information content (AvgIpc) is 3.36. The Morgan fingerprint density at radius 2 is 1.94 bits per heavy atom. The fourth-order valence-corrected chi connectivity index (χ4v) is 5.50. The highest BCUT2D eigenvalue weighted by atomic mass is 32.1. The number of amides is 2. The number of hydrogen-bond donors (Lipinski definition) is 2. The minimum absolute atomic E-state index is 0.176. The predicted octanol–water partition coefficient (Wildman–Crippen LogP) is 5.26. The quantitative estimate of drug-likeness (QED) is 0.439. The van der Waals surface area contributed by atoms with Crippen molar-refractivity contribution in [3.8, 4) is 0 Å². The third-order valence-electron chi connectivity index (χ3n) is 5.85. The summed E-state index contributed by atoms with van der Waals surface area (Å²) in [6.07, 6.45) is 7.36. The predicted molar refractivity (Wildman–Crippen MR) is 125 cm³/mol. The zero-order valence-electron chi connectivity index (χ0n) is 17.7. The number of furan rings is 1. The molecule has 3 heterocycles. The lowest BCUT2D eigenvalue weighted by Crippen LogP contribution is -2.25. The summed E-state index contributed by atoms with van der Waals surface area (Å²) in [5, 5.41) is 7.47. The van der Waals surface area contributed by atoms with Crippen LogP contribution in [0.2, 0.25) is 0 Å². The van der Waals surface area contributed by atoms with Crippen LogP contribution in [0.1, 0.15) is 55.3 Å². The smallest absolute Gasteiger partial charge is 0.292 e. The van der Waals surface area contributed by atoms with Crippen LogP contribution in [0.5, 0.6) is 0 Å². The second kappa shape index (κ2) is 8.59. The Hall–Kier alpha value is -3.45. The van der Waals surface area contributed by atoms with Crippen molar-refractivity contribution in [2.75, 3.05) is 5.32 Å². The van der Waals surface area contributed by atoms with E-state index < -0.39 is 0 Å². The van der Waals surface area contributed by atoms with Crippen molar-refractivity contribution < 1.29 is 14.0 Å². The lowest BCUT2D eigenvalue weighted by molar-refractivity contribution is 0.0951. The van der Waals surface area contributed by atoms with Crippen LogP contribution in [0.15, 0.2) is 53.2 Å². The number of carbonyl (C=O) groups excluding carboxylic acids is 2. The molecule has 0 unspecified atom stereocenters. The average molecular weight is 446 g/mol. The molecule has 0 spiro atoms. The van der Waals surface area contributed by atoms with E-state index in [0.717, 1.165) is 47.8 Å². The summed E-state index contributed by atoms with van der Waals surface area (Å²) in [5.74, 6) is -0.234. The fraction of sp³-hybridized carbons (Fsp3) is 0.240. The van der Waals surface area contributed by atoms with Crippen LogP contribution in [0, 0.1) is 6.92 Å². The van der Waals surface area contributed by atoms with Gasteiger partial charge in [0, 0.05) is 34.8 Å². The molecular weight excluding hydrogens is 422 g/mol. The zero-order chi connectivity index (χ0) is 22.1. The van der Waals surface area contributed by atoms with E-state index in [-0.39, 0.29) is 17.6 Å². The molecule has 0 atom stereocenters. The number of pyridine rings is 1. The summed E-state index contributed by atoms with van der Waals surface area (Å²) >= 11 is 1.50. The largest absolute Gasteiger partial charge is 0.451 e. The number of nitrogens with zero attached hydrogens (tertiary/aromatic N) is 1. The van der Waals surface area contributed by atoms with Gasteiger partial charge in [-0.2, -0.15) is 0 Å². The van der Waals surface area contributed by atoms with Crippen molar-refractivity contribution in [2.24, 2.45) is 0 Å². The van der Waals surface area contributed by atoms with Crippen LogP contribution >= 0.6 is 11.3 Å². The lowest BCUT2D eigenvalue weighted by Gasteiger charge is -2.13. The normalized spacial score (nSPS) is 13.0. The second-order valence-electron chi connectivity index (χ2n) is 7.97. The van der Waals surface area contributed by atoms with E-state index in [9.17, 15) is 9.59 Å². The molecule has 7 heteroatoms. The monoisotopic (exact) mass is 445 g/mol. The lowest BCUT2D eigenvalue weighted by atomic mass is 9.95. The second-order valence-corrected chi connectivity index (χ2v) is 9.07. The maximum absolute atomic E-state index is 13.2. The van der Waals surface area contributed by atoms with Gasteiger partial charge in [-0.25, -0.2) is 0 Å². The minimum Gasteiger partial charge on any atom is -0.451 e. The molecule has 162 valence electrons. The Labute approximate surface area is 189 Å². The highest BCUT2D eigenvalue weighted by molar-refractivity contribution is 7.17. The number of para-hydroxylation sites is 1. The van der Waals surface area contributed by atoms with Gasteiger partial charge in [-0.3, -0.25) is 14.6 Å². The number of aromatic nitrogens is 1.